The molecule has 54 nitrogen and oxygen atoms in total. The smallest absolute Gasteiger partial charge is 0.409 e. The second-order valence-corrected chi connectivity index (χ2v) is 33.1. The van der Waals surface area contributed by atoms with Crippen LogP contribution in [0.15, 0.2) is 22.0 Å². The van der Waals surface area contributed by atoms with Gasteiger partial charge < -0.3 is 157 Å². The van der Waals surface area contributed by atoms with E-state index in [0.29, 0.717) is 9.40 Å². The first-order valence-electron chi connectivity index (χ1n) is 39.4. The average molecular weight is 1960 g/mol. The van der Waals surface area contributed by atoms with Gasteiger partial charge in [-0.2, -0.15) is 18.4 Å². The number of ether oxygens (including phenoxy) is 18. The van der Waals surface area contributed by atoms with Crippen LogP contribution in [0.4, 0.5) is 35.9 Å². The van der Waals surface area contributed by atoms with Gasteiger partial charge in [0.15, 0.2) is 66.2 Å². The Hall–Kier alpha value is -9.44. The summed E-state index contributed by atoms with van der Waals surface area (Å²) >= 11 is 6.60. The third-order valence-corrected chi connectivity index (χ3v) is 19.8. The molecule has 58 heteroatoms. The van der Waals surface area contributed by atoms with Crippen molar-refractivity contribution in [1.82, 2.24) is 58.5 Å². The molecule has 20 atom stereocenters. The lowest BCUT2D eigenvalue weighted by Crippen LogP contribution is -2.42. The van der Waals surface area contributed by atoms with Crippen molar-refractivity contribution in [3.63, 3.8) is 0 Å². The van der Waals surface area contributed by atoms with Gasteiger partial charge in [0.1, 0.15) is 93.6 Å². The monoisotopic (exact) mass is 1960 g/mol. The predicted molar refractivity (Wildman–Crippen MR) is 452 cm³/mol. The van der Waals surface area contributed by atoms with Crippen molar-refractivity contribution in [2.24, 2.45) is 0 Å². The molecule has 0 radical (unpaired) electrons. The van der Waals surface area contributed by atoms with E-state index in [-0.39, 0.29) is 56.2 Å². The van der Waals surface area contributed by atoms with Crippen molar-refractivity contribution in [3.8, 4) is 0 Å². The molecular formula is C73H119ClN14O40S3. The van der Waals surface area contributed by atoms with Crippen LogP contribution in [0.25, 0.3) is 20.7 Å². The number of carbonyl (C=O) groups excluding carboxylic acids is 10. The SMILES string of the molecule is CC(=O)OC1O[C@H](COC(=O)N(C)C)[C@H](OC(C)=O)[C@H]1OC(C)=O.CC(=O)O[C@@H]1[C@@H](OC(C)=O)[C@@H](COC(=O)N(C)C)O[C@H]1n1c(=O)sc2cnc(N)nc21.CC1(C)O[C@H]2O[C@H](CO)[C@H](O)[C@H]2O1.CCN(CC)CC.CN(C)C(=O)Cl.CN(C)C(=O)OC[C@H]1O[C@@H](n2c(=O)sc3cnc(N)nc32)[C@H](O)[C@H]1O.CN(C)C(=O)OC[C@H]1O[C@@H]2OC(C)(C)O[C@@H]2[C@H]1O.CO.O=S(=O)(O)O. The molecule has 0 spiro atoms. The number of aromatic nitrogens is 6. The summed E-state index contributed by atoms with van der Waals surface area (Å²) in [6.07, 6.45) is -18.7. The van der Waals surface area contributed by atoms with Crippen LogP contribution in [-0.4, -0.2) is 418 Å². The predicted octanol–water partition coefficient (Wildman–Crippen LogP) is -1.17. The number of nitrogens with zero attached hydrogens (tertiary/aromatic N) is 12. The third kappa shape index (κ3) is 36.1. The molecule has 7 aliphatic rings. The molecule has 4 aromatic rings. The van der Waals surface area contributed by atoms with E-state index in [1.807, 2.05) is 0 Å². The van der Waals surface area contributed by atoms with Crippen LogP contribution < -0.4 is 21.2 Å². The lowest BCUT2D eigenvalue weighted by molar-refractivity contribution is -0.218. The summed E-state index contributed by atoms with van der Waals surface area (Å²) in [4.78, 5) is 162. The lowest BCUT2D eigenvalue weighted by atomic mass is 10.1. The molecule has 11 heterocycles. The fourth-order valence-electron chi connectivity index (χ4n) is 11.9. The highest BCUT2D eigenvalue weighted by atomic mass is 35.5. The van der Waals surface area contributed by atoms with Crippen molar-refractivity contribution in [1.29, 1.82) is 0 Å². The Kier molecular flexibility index (Phi) is 46.7. The number of aliphatic hydroxyl groups is 6. The largest absolute Gasteiger partial charge is 0.455 e. The summed E-state index contributed by atoms with van der Waals surface area (Å²) < 4.78 is 130. The van der Waals surface area contributed by atoms with E-state index >= 15 is 0 Å². The van der Waals surface area contributed by atoms with Gasteiger partial charge in [-0.25, -0.2) is 29.1 Å². The lowest BCUT2D eigenvalue weighted by Gasteiger charge is -2.23. The molecule has 7 aliphatic heterocycles. The Balaban J connectivity index is 0.000000407. The highest BCUT2D eigenvalue weighted by Gasteiger charge is 2.57. The molecular weight excluding hydrogens is 1840 g/mol. The molecule has 0 aromatic carbocycles. The van der Waals surface area contributed by atoms with E-state index in [2.05, 4.69) is 45.6 Å². The van der Waals surface area contributed by atoms with Crippen LogP contribution in [0, 0.1) is 0 Å². The van der Waals surface area contributed by atoms with Crippen molar-refractivity contribution in [3.05, 3.63) is 31.7 Å². The third-order valence-electron chi connectivity index (χ3n) is 17.7. The molecule has 131 heavy (non-hydrogen) atoms. The number of hydrogen-bond acceptors (Lipinski definition) is 47. The number of esters is 5. The molecule has 746 valence electrons. The summed E-state index contributed by atoms with van der Waals surface area (Å²) in [6, 6.07) is 0. The number of halogens is 1. The van der Waals surface area contributed by atoms with E-state index < -0.39 is 214 Å². The van der Waals surface area contributed by atoms with Crippen LogP contribution in [-0.2, 0) is 120 Å². The molecule has 0 saturated carbocycles. The number of thiazole rings is 2. The van der Waals surface area contributed by atoms with Crippen molar-refractivity contribution in [2.45, 2.75) is 218 Å². The Morgan fingerprint density at radius 3 is 1.10 bits per heavy atom. The number of nitrogen functional groups attached to an aromatic ring is 2. The minimum atomic E-state index is -4.67. The van der Waals surface area contributed by atoms with Gasteiger partial charge in [0.05, 0.1) is 28.4 Å². The first kappa shape index (κ1) is 116. The summed E-state index contributed by atoms with van der Waals surface area (Å²) in [7, 11) is 11.7. The average Bonchev–Trinajstić information content (AvgIpc) is 1.59. The maximum atomic E-state index is 12.7. The minimum Gasteiger partial charge on any atom is -0.455 e. The topological polar surface area (TPSA) is 700 Å². The van der Waals surface area contributed by atoms with Crippen LogP contribution in [0.1, 0.15) is 95.5 Å². The van der Waals surface area contributed by atoms with Crippen LogP contribution in [0.2, 0.25) is 0 Å². The molecule has 11 rings (SSSR count). The van der Waals surface area contributed by atoms with E-state index in [1.165, 1.54) is 106 Å². The molecule has 0 bridgehead atoms. The number of hydrogen-bond donors (Lipinski definition) is 10. The van der Waals surface area contributed by atoms with Crippen LogP contribution >= 0.6 is 34.3 Å². The molecule has 4 aromatic heterocycles. The fourth-order valence-corrected chi connectivity index (χ4v) is 13.5. The quantitative estimate of drug-likeness (QED) is 0.0174. The van der Waals surface area contributed by atoms with Crippen molar-refractivity contribution < 1.29 is 181 Å². The van der Waals surface area contributed by atoms with Crippen LogP contribution in [0.3, 0.4) is 0 Å². The zero-order valence-corrected chi connectivity index (χ0v) is 79.3. The number of anilines is 2. The van der Waals surface area contributed by atoms with Gasteiger partial charge in [-0.05, 0) is 58.9 Å². The zero-order valence-electron chi connectivity index (χ0n) is 76.1. The zero-order chi connectivity index (χ0) is 100. The molecule has 7 fully saturated rings. The molecule has 12 N–H and O–H groups in total. The van der Waals surface area contributed by atoms with E-state index in [1.54, 1.807) is 55.9 Å². The van der Waals surface area contributed by atoms with E-state index in [0.717, 1.165) is 66.6 Å². The molecule has 1 unspecified atom stereocenters. The Bertz CT molecular complexity index is 4620. The second kappa shape index (κ2) is 52.9. The second-order valence-electron chi connectivity index (χ2n) is 29.9. The number of carbonyl (C=O) groups is 10. The standard InChI is InChI=1S/C17H21N5O8S.C14H21NO9.C13H17N5O6S.C11H19NO6.C8H14O5.C6H15N.C3H6ClNO.CH4O.H2O4S/c1-7(23)28-11-9(6-27-16(25)21(3)4)30-14(12(11)29-8(2)24)22-13-10(31-17(22)26)5-19-15(18)20-13;1-7(16)21-11-10(6-20-14(19)15(4)5)24-13(23-9(3)18)12(11)22-8(2)17;1-17(2)12(21)23-4-5-7(19)8(20)10(24-5)18-9-6(25-13(18)22)3-15-11(14)16-9;1-11(2)17-8-7(13)6(16-9(8)18-11)5-15-10(14)12(3)4;1-8(2)12-6-5(10)4(3-9)11-7(6)13-8;1-4-7(5-2)6-3;1-5(2)3(4)6;1-2;1-5(2,3)4/h5,9,11-12,14H,6H2,1-4H3,(H2,18,19,20);10-13H,6H2,1-5H3;3,5,7-8,10,19-20H,4H2,1-2H3,(H2,14,15,16);6-9,13H,5H2,1-4H3;4-7,9-10H,3H2,1-2H3;4-6H2,1-3H3;1-2H3;2H,1H3;(H2,1,2,3,4)/t9-,11+,12-,14-;10-,11+,12-,13?;5-,7+,8-,10-;6-,7+,8-,9-;4-,5+,6-,7-;;;;/m11111..../s1. The first-order chi connectivity index (χ1) is 60.8. The van der Waals surface area contributed by atoms with Crippen molar-refractivity contribution in [2.75, 3.05) is 142 Å². The van der Waals surface area contributed by atoms with Gasteiger partial charge >= 0.3 is 79.7 Å². The molecule has 7 saturated heterocycles. The Morgan fingerprint density at radius 2 is 0.771 bits per heavy atom. The Morgan fingerprint density at radius 1 is 0.466 bits per heavy atom. The number of aliphatic hydroxyl groups excluding tert-OH is 6. The van der Waals surface area contributed by atoms with Gasteiger partial charge in [0.2, 0.25) is 24.3 Å². The van der Waals surface area contributed by atoms with Gasteiger partial charge in [-0.3, -0.25) is 56.6 Å². The summed E-state index contributed by atoms with van der Waals surface area (Å²) in [5.74, 6) is -4.97. The van der Waals surface area contributed by atoms with E-state index in [4.69, 9.17) is 136 Å². The first-order valence-corrected chi connectivity index (χ1v) is 42.8. The maximum Gasteiger partial charge on any atom is 0.409 e. The van der Waals surface area contributed by atoms with Gasteiger partial charge in [-0.15, -0.1) is 0 Å². The summed E-state index contributed by atoms with van der Waals surface area (Å²) in [6.45, 7) is 21.8. The van der Waals surface area contributed by atoms with Gasteiger partial charge in [0, 0.05) is 112 Å². The van der Waals surface area contributed by atoms with Gasteiger partial charge in [-0.1, -0.05) is 43.4 Å². The molecule has 0 aliphatic carbocycles. The normalized spacial score (nSPS) is 26.4. The number of rotatable bonds is 19. The summed E-state index contributed by atoms with van der Waals surface area (Å²) in [5, 5.41) is 55.4. The highest BCUT2D eigenvalue weighted by molar-refractivity contribution is 7.79. The van der Waals surface area contributed by atoms with Crippen molar-refractivity contribution >= 4 is 137 Å². The Labute approximate surface area is 764 Å². The highest BCUT2D eigenvalue weighted by Crippen LogP contribution is 2.41. The fraction of sp³-hybridized carbons (Fsp3) is 0.726. The van der Waals surface area contributed by atoms with Crippen LogP contribution in [0.5, 0.6) is 0 Å². The van der Waals surface area contributed by atoms with E-state index in [9.17, 15) is 78.0 Å². The minimum absolute atomic E-state index is 0.0294. The summed E-state index contributed by atoms with van der Waals surface area (Å²) in [5.41, 5.74) is 11.6. The number of nitrogens with two attached hydrogens (primary N) is 2. The number of fused-ring (bicyclic) bond motifs is 4. The number of amides is 5. The maximum absolute atomic E-state index is 12.7. The molecule has 5 amide bonds. The van der Waals surface area contributed by atoms with Gasteiger partial charge in [0.25, 0.3) is 0 Å².